The third-order valence-electron chi connectivity index (χ3n) is 3.49. The van der Waals surface area contributed by atoms with Crippen LogP contribution in [-0.4, -0.2) is 25.6 Å². The summed E-state index contributed by atoms with van der Waals surface area (Å²) >= 11 is 0. The van der Waals surface area contributed by atoms with E-state index in [1.165, 1.54) is 10.6 Å². The van der Waals surface area contributed by atoms with Crippen LogP contribution in [0.25, 0.3) is 11.0 Å². The maximum Gasteiger partial charge on any atom is 0.337 e. The molecule has 6 nitrogen and oxygen atoms in total. The average molecular weight is 283 g/mol. The maximum atomic E-state index is 12.2. The highest BCUT2D eigenvalue weighted by molar-refractivity contribution is 6.00. The Labute approximate surface area is 119 Å². The molecule has 1 unspecified atom stereocenters. The number of aromatic amines is 1. The molecule has 3 rings (SSSR count). The number of rotatable bonds is 3. The Morgan fingerprint density at radius 3 is 2.76 bits per heavy atom. The number of H-pyrrole nitrogens is 1. The fourth-order valence-electron chi connectivity index (χ4n) is 2.47. The summed E-state index contributed by atoms with van der Waals surface area (Å²) < 4.78 is 1.52. The molecule has 0 spiro atoms. The van der Waals surface area contributed by atoms with Gasteiger partial charge in [-0.2, -0.15) is 0 Å². The number of para-hydroxylation sites is 1. The normalized spacial score (nSPS) is 12.4. The first-order valence-electron chi connectivity index (χ1n) is 6.47. The highest BCUT2D eigenvalue weighted by atomic mass is 16.4. The van der Waals surface area contributed by atoms with Crippen LogP contribution in [0, 0.1) is 0 Å². The van der Waals surface area contributed by atoms with E-state index >= 15 is 0 Å². The summed E-state index contributed by atoms with van der Waals surface area (Å²) in [4.78, 5) is 30.3. The molecular formula is C15H13N3O3. The van der Waals surface area contributed by atoms with Gasteiger partial charge in [-0.05, 0) is 31.2 Å². The van der Waals surface area contributed by atoms with E-state index in [1.54, 1.807) is 24.4 Å². The molecule has 2 N–H and O–H groups in total. The molecule has 0 saturated carbocycles. The lowest BCUT2D eigenvalue weighted by Crippen LogP contribution is -2.21. The summed E-state index contributed by atoms with van der Waals surface area (Å²) in [5.74, 6) is -1.07. The molecule has 1 aromatic carbocycles. The molecule has 2 aromatic heterocycles. The van der Waals surface area contributed by atoms with Crippen molar-refractivity contribution >= 4 is 17.0 Å². The molecule has 3 aromatic rings. The SMILES string of the molecule is CC(c1ccccn1)n1c(=O)[nH]c2c(C(=O)O)cccc21. The molecule has 1 atom stereocenters. The molecule has 21 heavy (non-hydrogen) atoms. The van der Waals surface area contributed by atoms with E-state index in [2.05, 4.69) is 9.97 Å². The number of hydrogen-bond acceptors (Lipinski definition) is 3. The van der Waals surface area contributed by atoms with Gasteiger partial charge in [-0.15, -0.1) is 0 Å². The van der Waals surface area contributed by atoms with Gasteiger partial charge in [0.15, 0.2) is 0 Å². The highest BCUT2D eigenvalue weighted by Gasteiger charge is 2.19. The van der Waals surface area contributed by atoms with Crippen LogP contribution in [-0.2, 0) is 0 Å². The molecule has 0 fully saturated rings. The second kappa shape index (κ2) is 4.90. The number of nitrogens with one attached hydrogen (secondary N) is 1. The van der Waals surface area contributed by atoms with Crippen LogP contribution < -0.4 is 5.69 Å². The van der Waals surface area contributed by atoms with Crippen LogP contribution in [0.5, 0.6) is 0 Å². The highest BCUT2D eigenvalue weighted by Crippen LogP contribution is 2.21. The Kier molecular flexibility index (Phi) is 3.06. The fraction of sp³-hybridized carbons (Fsp3) is 0.133. The number of fused-ring (bicyclic) bond motifs is 1. The average Bonchev–Trinajstić information content (AvgIpc) is 2.82. The van der Waals surface area contributed by atoms with Crippen molar-refractivity contribution in [1.82, 2.24) is 14.5 Å². The molecule has 0 bridgehead atoms. The van der Waals surface area contributed by atoms with E-state index in [0.29, 0.717) is 11.0 Å². The Morgan fingerprint density at radius 2 is 2.10 bits per heavy atom. The minimum absolute atomic E-state index is 0.0802. The van der Waals surface area contributed by atoms with E-state index in [1.807, 2.05) is 19.1 Å². The summed E-state index contributed by atoms with van der Waals surface area (Å²) in [6.07, 6.45) is 1.66. The zero-order valence-electron chi connectivity index (χ0n) is 11.3. The van der Waals surface area contributed by atoms with Crippen molar-refractivity contribution in [3.63, 3.8) is 0 Å². The van der Waals surface area contributed by atoms with Gasteiger partial charge in [-0.3, -0.25) is 9.55 Å². The van der Waals surface area contributed by atoms with E-state index in [9.17, 15) is 14.7 Å². The van der Waals surface area contributed by atoms with Gasteiger partial charge in [-0.25, -0.2) is 9.59 Å². The third kappa shape index (κ3) is 2.10. The van der Waals surface area contributed by atoms with Gasteiger partial charge in [0.05, 0.1) is 28.3 Å². The zero-order chi connectivity index (χ0) is 15.0. The largest absolute Gasteiger partial charge is 0.478 e. The van der Waals surface area contributed by atoms with Crippen molar-refractivity contribution in [3.8, 4) is 0 Å². The van der Waals surface area contributed by atoms with Crippen LogP contribution in [0.15, 0.2) is 47.4 Å². The monoisotopic (exact) mass is 283 g/mol. The van der Waals surface area contributed by atoms with Crippen LogP contribution in [0.1, 0.15) is 29.0 Å². The van der Waals surface area contributed by atoms with Crippen molar-refractivity contribution in [2.45, 2.75) is 13.0 Å². The molecule has 0 aliphatic rings. The number of benzene rings is 1. The van der Waals surface area contributed by atoms with E-state index < -0.39 is 5.97 Å². The van der Waals surface area contributed by atoms with Gasteiger partial charge in [-0.1, -0.05) is 12.1 Å². The topological polar surface area (TPSA) is 88.0 Å². The van der Waals surface area contributed by atoms with Gasteiger partial charge in [0.1, 0.15) is 0 Å². The van der Waals surface area contributed by atoms with Crippen molar-refractivity contribution in [2.24, 2.45) is 0 Å². The third-order valence-corrected chi connectivity index (χ3v) is 3.49. The van der Waals surface area contributed by atoms with E-state index in [-0.39, 0.29) is 17.3 Å². The van der Waals surface area contributed by atoms with Crippen LogP contribution in [0.2, 0.25) is 0 Å². The summed E-state index contributed by atoms with van der Waals surface area (Å²) in [5, 5.41) is 9.19. The molecule has 106 valence electrons. The lowest BCUT2D eigenvalue weighted by molar-refractivity contribution is 0.0699. The first-order valence-corrected chi connectivity index (χ1v) is 6.47. The zero-order valence-corrected chi connectivity index (χ0v) is 11.3. The Bertz CT molecular complexity index is 865. The summed E-state index contributed by atoms with van der Waals surface area (Å²) in [5.41, 5.74) is 1.35. The van der Waals surface area contributed by atoms with Crippen molar-refractivity contribution in [1.29, 1.82) is 0 Å². The van der Waals surface area contributed by atoms with Gasteiger partial charge >= 0.3 is 11.7 Å². The molecule has 0 radical (unpaired) electrons. The van der Waals surface area contributed by atoms with Crippen molar-refractivity contribution < 1.29 is 9.90 Å². The Hall–Kier alpha value is -2.89. The number of carboxylic acid groups (broad SMARTS) is 1. The molecule has 6 heteroatoms. The number of carboxylic acids is 1. The number of pyridine rings is 1. The first kappa shape index (κ1) is 13.1. The van der Waals surface area contributed by atoms with Gasteiger partial charge in [0.2, 0.25) is 0 Å². The van der Waals surface area contributed by atoms with Gasteiger partial charge in [0, 0.05) is 6.20 Å². The van der Waals surface area contributed by atoms with Crippen LogP contribution in [0.3, 0.4) is 0 Å². The summed E-state index contributed by atoms with van der Waals surface area (Å²) in [6, 6.07) is 10.0. The smallest absolute Gasteiger partial charge is 0.337 e. The van der Waals surface area contributed by atoms with Crippen molar-refractivity contribution in [3.05, 3.63) is 64.3 Å². The summed E-state index contributed by atoms with van der Waals surface area (Å²) in [6.45, 7) is 1.85. The molecule has 0 amide bonds. The van der Waals surface area contributed by atoms with Crippen LogP contribution >= 0.6 is 0 Å². The minimum Gasteiger partial charge on any atom is -0.478 e. The number of carbonyl (C=O) groups is 1. The quantitative estimate of drug-likeness (QED) is 0.769. The maximum absolute atomic E-state index is 12.2. The first-order chi connectivity index (χ1) is 10.1. The number of nitrogens with zero attached hydrogens (tertiary/aromatic N) is 2. The predicted molar refractivity (Wildman–Crippen MR) is 77.6 cm³/mol. The number of aromatic nitrogens is 3. The predicted octanol–water partition coefficient (Wildman–Crippen LogP) is 2.03. The molecular weight excluding hydrogens is 270 g/mol. The second-order valence-corrected chi connectivity index (χ2v) is 4.74. The van der Waals surface area contributed by atoms with Crippen LogP contribution in [0.4, 0.5) is 0 Å². The number of aromatic carboxylic acids is 1. The summed E-state index contributed by atoms with van der Waals surface area (Å²) in [7, 11) is 0. The van der Waals surface area contributed by atoms with E-state index in [0.717, 1.165) is 5.69 Å². The second-order valence-electron chi connectivity index (χ2n) is 4.74. The molecule has 0 saturated heterocycles. The van der Waals surface area contributed by atoms with Gasteiger partial charge in [0.25, 0.3) is 0 Å². The minimum atomic E-state index is -1.07. The van der Waals surface area contributed by atoms with Gasteiger partial charge < -0.3 is 10.1 Å². The molecule has 2 heterocycles. The molecule has 0 aliphatic heterocycles. The Balaban J connectivity index is 2.25. The fourth-order valence-corrected chi connectivity index (χ4v) is 2.47. The number of imidazole rings is 1. The standard InChI is InChI=1S/C15H13N3O3/c1-9(11-6-2-3-8-16-11)18-12-7-4-5-10(14(19)20)13(12)17-15(18)21/h2-9H,1H3,(H,17,21)(H,19,20). The lowest BCUT2D eigenvalue weighted by atomic mass is 10.1. The van der Waals surface area contributed by atoms with Crippen molar-refractivity contribution in [2.75, 3.05) is 0 Å². The Morgan fingerprint density at radius 1 is 1.29 bits per heavy atom. The number of hydrogen-bond donors (Lipinski definition) is 2. The molecule has 0 aliphatic carbocycles. The lowest BCUT2D eigenvalue weighted by Gasteiger charge is -2.12. The van der Waals surface area contributed by atoms with E-state index in [4.69, 9.17) is 0 Å².